The van der Waals surface area contributed by atoms with Crippen LogP contribution in [0.4, 0.5) is 0 Å². The molecular formula is C13H21NO2. The molecule has 1 aliphatic carbocycles. The van der Waals surface area contributed by atoms with Gasteiger partial charge in [0.15, 0.2) is 0 Å². The van der Waals surface area contributed by atoms with Crippen LogP contribution in [0.15, 0.2) is 16.5 Å². The highest BCUT2D eigenvalue weighted by atomic mass is 16.3. The highest BCUT2D eigenvalue weighted by Gasteiger charge is 2.41. The van der Waals surface area contributed by atoms with Gasteiger partial charge in [0.05, 0.1) is 6.04 Å². The van der Waals surface area contributed by atoms with Crippen molar-refractivity contribution in [2.45, 2.75) is 39.2 Å². The maximum absolute atomic E-state index is 8.98. The molecule has 1 unspecified atom stereocenters. The predicted octanol–water partition coefficient (Wildman–Crippen LogP) is 2.40. The standard InChI is InChI=1S/C13H21NO2/c1-10-3-4-12(16-10)11(2)14-9-13(5-6-13)7-8-15/h3-4,11,14-15H,5-9H2,1-2H3. The molecule has 0 radical (unpaired) electrons. The van der Waals surface area contributed by atoms with Crippen molar-refractivity contribution < 1.29 is 9.52 Å². The van der Waals surface area contributed by atoms with E-state index < -0.39 is 0 Å². The number of nitrogens with one attached hydrogen (secondary N) is 1. The first kappa shape index (κ1) is 11.7. The lowest BCUT2D eigenvalue weighted by atomic mass is 10.0. The van der Waals surface area contributed by atoms with Crippen molar-refractivity contribution in [2.75, 3.05) is 13.2 Å². The van der Waals surface area contributed by atoms with Crippen molar-refractivity contribution in [1.29, 1.82) is 0 Å². The first-order valence-corrected chi connectivity index (χ1v) is 6.06. The first-order chi connectivity index (χ1) is 7.65. The van der Waals surface area contributed by atoms with Crippen LogP contribution in [0, 0.1) is 12.3 Å². The number of furan rings is 1. The molecule has 0 spiro atoms. The maximum atomic E-state index is 8.98. The summed E-state index contributed by atoms with van der Waals surface area (Å²) in [7, 11) is 0. The monoisotopic (exact) mass is 223 g/mol. The lowest BCUT2D eigenvalue weighted by Crippen LogP contribution is -2.27. The molecule has 3 heteroatoms. The van der Waals surface area contributed by atoms with Gasteiger partial charge < -0.3 is 14.8 Å². The van der Waals surface area contributed by atoms with Crippen LogP contribution in [0.1, 0.15) is 43.7 Å². The van der Waals surface area contributed by atoms with Gasteiger partial charge in [-0.2, -0.15) is 0 Å². The molecule has 0 aromatic carbocycles. The summed E-state index contributed by atoms with van der Waals surface area (Å²) >= 11 is 0. The summed E-state index contributed by atoms with van der Waals surface area (Å²) in [6.45, 7) is 5.36. The first-order valence-electron chi connectivity index (χ1n) is 6.06. The topological polar surface area (TPSA) is 45.4 Å². The zero-order valence-electron chi connectivity index (χ0n) is 10.1. The molecule has 0 bridgehead atoms. The van der Waals surface area contributed by atoms with Gasteiger partial charge in [-0.1, -0.05) is 0 Å². The van der Waals surface area contributed by atoms with E-state index in [2.05, 4.69) is 12.2 Å². The smallest absolute Gasteiger partial charge is 0.120 e. The van der Waals surface area contributed by atoms with E-state index in [-0.39, 0.29) is 6.04 Å². The van der Waals surface area contributed by atoms with E-state index in [1.807, 2.05) is 19.1 Å². The highest BCUT2D eigenvalue weighted by Crippen LogP contribution is 2.48. The molecule has 1 aliphatic rings. The maximum Gasteiger partial charge on any atom is 0.120 e. The Morgan fingerprint density at radius 3 is 2.75 bits per heavy atom. The van der Waals surface area contributed by atoms with E-state index in [9.17, 15) is 0 Å². The van der Waals surface area contributed by atoms with Crippen molar-refractivity contribution in [2.24, 2.45) is 5.41 Å². The summed E-state index contributed by atoms with van der Waals surface area (Å²) in [6, 6.07) is 4.28. The zero-order chi connectivity index (χ0) is 11.6. The Hall–Kier alpha value is -0.800. The van der Waals surface area contributed by atoms with Crippen molar-refractivity contribution in [1.82, 2.24) is 5.32 Å². The third-order valence-electron chi connectivity index (χ3n) is 3.57. The SMILES string of the molecule is Cc1ccc(C(C)NCC2(CCO)CC2)o1. The van der Waals surface area contributed by atoms with Crippen LogP contribution in [0.25, 0.3) is 0 Å². The zero-order valence-corrected chi connectivity index (χ0v) is 10.1. The molecule has 0 aliphatic heterocycles. The second-order valence-corrected chi connectivity index (χ2v) is 5.02. The van der Waals surface area contributed by atoms with Crippen molar-refractivity contribution >= 4 is 0 Å². The van der Waals surface area contributed by atoms with Crippen LogP contribution in [-0.2, 0) is 0 Å². The Morgan fingerprint density at radius 1 is 1.50 bits per heavy atom. The van der Waals surface area contributed by atoms with Crippen LogP contribution >= 0.6 is 0 Å². The summed E-state index contributed by atoms with van der Waals surface area (Å²) in [5, 5.41) is 12.5. The summed E-state index contributed by atoms with van der Waals surface area (Å²) in [4.78, 5) is 0. The molecule has 1 aromatic heterocycles. The third-order valence-corrected chi connectivity index (χ3v) is 3.57. The average Bonchev–Trinajstić information content (AvgIpc) is 2.89. The number of rotatable bonds is 6. The molecule has 2 N–H and O–H groups in total. The molecule has 0 amide bonds. The Morgan fingerprint density at radius 2 is 2.25 bits per heavy atom. The molecule has 90 valence electrons. The van der Waals surface area contributed by atoms with E-state index in [0.717, 1.165) is 24.5 Å². The van der Waals surface area contributed by atoms with E-state index in [1.165, 1.54) is 12.8 Å². The number of hydrogen-bond donors (Lipinski definition) is 2. The van der Waals surface area contributed by atoms with Gasteiger partial charge in [-0.3, -0.25) is 0 Å². The second kappa shape index (κ2) is 4.60. The minimum absolute atomic E-state index is 0.255. The van der Waals surface area contributed by atoms with E-state index in [0.29, 0.717) is 12.0 Å². The van der Waals surface area contributed by atoms with Gasteiger partial charge in [0.25, 0.3) is 0 Å². The van der Waals surface area contributed by atoms with Gasteiger partial charge in [-0.25, -0.2) is 0 Å². The van der Waals surface area contributed by atoms with Gasteiger partial charge in [-0.05, 0) is 50.7 Å². The molecule has 1 fully saturated rings. The summed E-state index contributed by atoms with van der Waals surface area (Å²) < 4.78 is 5.58. The van der Waals surface area contributed by atoms with Gasteiger partial charge in [0.1, 0.15) is 11.5 Å². The predicted molar refractivity (Wildman–Crippen MR) is 63.2 cm³/mol. The summed E-state index contributed by atoms with van der Waals surface area (Å²) in [5.41, 5.74) is 0.366. The fourth-order valence-electron chi connectivity index (χ4n) is 2.09. The van der Waals surface area contributed by atoms with Gasteiger partial charge in [0, 0.05) is 13.2 Å². The number of aryl methyl sites for hydroxylation is 1. The Bertz CT molecular complexity index is 341. The molecule has 1 saturated carbocycles. The second-order valence-electron chi connectivity index (χ2n) is 5.02. The fraction of sp³-hybridized carbons (Fsp3) is 0.692. The van der Waals surface area contributed by atoms with Crippen LogP contribution < -0.4 is 5.32 Å². The highest BCUT2D eigenvalue weighted by molar-refractivity contribution is 5.09. The average molecular weight is 223 g/mol. The van der Waals surface area contributed by atoms with Gasteiger partial charge in [-0.15, -0.1) is 0 Å². The Balaban J connectivity index is 1.82. The van der Waals surface area contributed by atoms with Crippen molar-refractivity contribution in [3.05, 3.63) is 23.7 Å². The summed E-state index contributed by atoms with van der Waals surface area (Å²) in [6.07, 6.45) is 3.40. The quantitative estimate of drug-likeness (QED) is 0.778. The molecule has 16 heavy (non-hydrogen) atoms. The minimum Gasteiger partial charge on any atom is -0.465 e. The van der Waals surface area contributed by atoms with Crippen LogP contribution in [0.3, 0.4) is 0 Å². The molecular weight excluding hydrogens is 202 g/mol. The largest absolute Gasteiger partial charge is 0.465 e. The minimum atomic E-state index is 0.255. The van der Waals surface area contributed by atoms with E-state index >= 15 is 0 Å². The fourth-order valence-corrected chi connectivity index (χ4v) is 2.09. The van der Waals surface area contributed by atoms with Crippen LogP contribution in [0.5, 0.6) is 0 Å². The molecule has 1 atom stereocenters. The lowest BCUT2D eigenvalue weighted by Gasteiger charge is -2.18. The molecule has 2 rings (SSSR count). The van der Waals surface area contributed by atoms with Crippen LogP contribution in [-0.4, -0.2) is 18.3 Å². The normalized spacial score (nSPS) is 19.7. The summed E-state index contributed by atoms with van der Waals surface area (Å²) in [5.74, 6) is 1.96. The lowest BCUT2D eigenvalue weighted by molar-refractivity contribution is 0.241. The van der Waals surface area contributed by atoms with Crippen LogP contribution in [0.2, 0.25) is 0 Å². The number of aliphatic hydroxyl groups is 1. The number of hydrogen-bond acceptors (Lipinski definition) is 3. The molecule has 0 saturated heterocycles. The molecule has 1 aromatic rings. The third kappa shape index (κ3) is 2.66. The molecule has 3 nitrogen and oxygen atoms in total. The van der Waals surface area contributed by atoms with E-state index in [4.69, 9.17) is 9.52 Å². The van der Waals surface area contributed by atoms with Gasteiger partial charge in [0.2, 0.25) is 0 Å². The Labute approximate surface area is 96.8 Å². The molecule has 1 heterocycles. The number of aliphatic hydroxyl groups excluding tert-OH is 1. The Kier molecular flexibility index (Phi) is 3.36. The van der Waals surface area contributed by atoms with Gasteiger partial charge >= 0.3 is 0 Å². The van der Waals surface area contributed by atoms with Crippen molar-refractivity contribution in [3.63, 3.8) is 0 Å². The van der Waals surface area contributed by atoms with E-state index in [1.54, 1.807) is 0 Å². The van der Waals surface area contributed by atoms with Crippen molar-refractivity contribution in [3.8, 4) is 0 Å².